The van der Waals surface area contributed by atoms with E-state index in [1.165, 1.54) is 37.3 Å². The fourth-order valence-corrected chi connectivity index (χ4v) is 5.31. The Bertz CT molecular complexity index is 1270. The lowest BCUT2D eigenvalue weighted by Gasteiger charge is -2.30. The molecule has 11 heteroatoms. The normalized spacial score (nSPS) is 21.9. The van der Waals surface area contributed by atoms with E-state index in [1.54, 1.807) is 18.2 Å². The van der Waals surface area contributed by atoms with E-state index in [9.17, 15) is 26.3 Å². The highest BCUT2D eigenvalue weighted by molar-refractivity contribution is 6.12. The van der Waals surface area contributed by atoms with Gasteiger partial charge < -0.3 is 20.9 Å². The number of nitrogens with zero attached hydrogens (tertiary/aromatic N) is 2. The number of hydrogen-bond acceptors (Lipinski definition) is 5. The first-order chi connectivity index (χ1) is 19.1. The van der Waals surface area contributed by atoms with Crippen LogP contribution in [0.3, 0.4) is 0 Å². The number of halogens is 6. The summed E-state index contributed by atoms with van der Waals surface area (Å²) in [5, 5.41) is 9.33. The summed E-state index contributed by atoms with van der Waals surface area (Å²) < 4.78 is 80.3. The second-order valence-electron chi connectivity index (χ2n) is 10.3. The van der Waals surface area contributed by atoms with Gasteiger partial charge in [-0.3, -0.25) is 0 Å². The average Bonchev–Trinajstić information content (AvgIpc) is 3.20. The number of likely N-dealkylation sites (tertiary alicyclic amines) is 1. The highest BCUT2D eigenvalue weighted by atomic mass is 19.4. The molecule has 0 amide bonds. The lowest BCUT2D eigenvalue weighted by atomic mass is 9.93. The van der Waals surface area contributed by atoms with Crippen molar-refractivity contribution in [2.45, 2.75) is 56.7 Å². The second kappa shape index (κ2) is 11.6. The Morgan fingerprint density at radius 1 is 0.900 bits per heavy atom. The minimum Gasteiger partial charge on any atom is -0.380 e. The summed E-state index contributed by atoms with van der Waals surface area (Å²) in [6.45, 7) is 2.84. The molecule has 2 atom stereocenters. The minimum atomic E-state index is -4.50. The maximum absolute atomic E-state index is 13.7. The number of nitrogens with one attached hydrogen (secondary N) is 3. The zero-order valence-corrected chi connectivity index (χ0v) is 21.7. The first kappa shape index (κ1) is 28.1. The van der Waals surface area contributed by atoms with Crippen LogP contribution in [0.4, 0.5) is 37.7 Å². The number of alkyl halides is 6. The molecule has 5 rings (SSSR count). The van der Waals surface area contributed by atoms with E-state index in [0.717, 1.165) is 50.7 Å². The Labute approximate surface area is 229 Å². The molecule has 0 bridgehead atoms. The van der Waals surface area contributed by atoms with Crippen LogP contribution in [0.15, 0.2) is 71.4 Å². The van der Waals surface area contributed by atoms with Crippen molar-refractivity contribution in [3.63, 3.8) is 0 Å². The Balaban J connectivity index is 1.42. The number of anilines is 2. The van der Waals surface area contributed by atoms with Crippen LogP contribution in [0.5, 0.6) is 0 Å². The molecule has 3 heterocycles. The summed E-state index contributed by atoms with van der Waals surface area (Å²) in [5.41, 5.74) is 0.644. The number of fused-ring (bicyclic) bond motifs is 1. The van der Waals surface area contributed by atoms with Gasteiger partial charge in [0.05, 0.1) is 17.2 Å². The number of benzene rings is 2. The van der Waals surface area contributed by atoms with Crippen LogP contribution >= 0.6 is 0 Å². The van der Waals surface area contributed by atoms with Crippen molar-refractivity contribution in [2.24, 2.45) is 4.99 Å². The van der Waals surface area contributed by atoms with Crippen molar-refractivity contribution in [3.8, 4) is 0 Å². The number of aliphatic imine (C=N–C) groups is 1. The van der Waals surface area contributed by atoms with E-state index in [4.69, 9.17) is 4.99 Å². The molecule has 0 aromatic heterocycles. The number of hydrogen-bond donors (Lipinski definition) is 3. The van der Waals surface area contributed by atoms with Crippen molar-refractivity contribution >= 4 is 17.2 Å². The summed E-state index contributed by atoms with van der Waals surface area (Å²) in [4.78, 5) is 7.22. The van der Waals surface area contributed by atoms with Gasteiger partial charge in [0.1, 0.15) is 12.0 Å². The molecule has 0 radical (unpaired) electrons. The van der Waals surface area contributed by atoms with Gasteiger partial charge in [-0.1, -0.05) is 25.0 Å². The molecule has 2 aromatic carbocycles. The molecule has 3 aliphatic heterocycles. The molecule has 5 nitrogen and oxygen atoms in total. The van der Waals surface area contributed by atoms with Crippen molar-refractivity contribution in [3.05, 3.63) is 83.1 Å². The molecule has 0 spiro atoms. The van der Waals surface area contributed by atoms with E-state index in [0.29, 0.717) is 34.8 Å². The summed E-state index contributed by atoms with van der Waals surface area (Å²) >= 11 is 0. The Hall–Kier alpha value is -3.47. The topological polar surface area (TPSA) is 51.7 Å². The summed E-state index contributed by atoms with van der Waals surface area (Å²) in [7, 11) is 0. The Kier molecular flexibility index (Phi) is 8.11. The van der Waals surface area contributed by atoms with Crippen molar-refractivity contribution in [2.75, 3.05) is 30.3 Å². The first-order valence-electron chi connectivity index (χ1n) is 13.4. The second-order valence-corrected chi connectivity index (χ2v) is 10.3. The van der Waals surface area contributed by atoms with Crippen molar-refractivity contribution in [1.29, 1.82) is 0 Å². The van der Waals surface area contributed by atoms with Gasteiger partial charge in [0.15, 0.2) is 0 Å². The monoisotopic (exact) mass is 563 g/mol. The maximum Gasteiger partial charge on any atom is 0.416 e. The van der Waals surface area contributed by atoms with E-state index in [1.807, 2.05) is 0 Å². The molecular formula is C29H31F6N5. The SMILES string of the molecule is FC(F)(F)C1=CC=CNC1c1ccc2c(c1)NC(CCN1CCCCCC1)N=C2Nc1ccc(C(F)(F)F)cc1. The predicted octanol–water partition coefficient (Wildman–Crippen LogP) is 7.23. The third-order valence-electron chi connectivity index (χ3n) is 7.40. The number of amidine groups is 1. The molecule has 2 aromatic rings. The molecule has 0 saturated carbocycles. The molecule has 40 heavy (non-hydrogen) atoms. The largest absolute Gasteiger partial charge is 0.416 e. The Morgan fingerprint density at radius 3 is 2.30 bits per heavy atom. The lowest BCUT2D eigenvalue weighted by molar-refractivity contribution is -0.137. The first-order valence-corrected chi connectivity index (χ1v) is 13.4. The minimum absolute atomic E-state index is 0.361. The third-order valence-corrected chi connectivity index (χ3v) is 7.40. The summed E-state index contributed by atoms with van der Waals surface area (Å²) in [6, 6.07) is 8.59. The molecule has 214 valence electrons. The van der Waals surface area contributed by atoms with E-state index < -0.39 is 29.5 Å². The average molecular weight is 564 g/mol. The predicted molar refractivity (Wildman–Crippen MR) is 144 cm³/mol. The molecule has 3 N–H and O–H groups in total. The molecule has 1 fully saturated rings. The van der Waals surface area contributed by atoms with Gasteiger partial charge >= 0.3 is 12.4 Å². The standard InChI is InChI=1S/C29H31F6N5/c30-28(31,32)20-8-10-21(11-9-20)37-27-22-12-7-19(26-23(29(33,34)35)6-5-14-36-26)18-24(22)38-25(39-27)13-17-40-15-3-1-2-4-16-40/h5-12,14,18,25-26,36,38H,1-4,13,15-17H2,(H,37,39). The molecule has 1 saturated heterocycles. The van der Waals surface area contributed by atoms with E-state index in [-0.39, 0.29) is 6.17 Å². The van der Waals surface area contributed by atoms with Crippen LogP contribution in [0.1, 0.15) is 54.8 Å². The van der Waals surface area contributed by atoms with Gasteiger partial charge in [-0.15, -0.1) is 0 Å². The van der Waals surface area contributed by atoms with Crippen LogP contribution in [0.2, 0.25) is 0 Å². The van der Waals surface area contributed by atoms with Crippen LogP contribution in [0, 0.1) is 0 Å². The van der Waals surface area contributed by atoms with Gasteiger partial charge in [0.2, 0.25) is 0 Å². The van der Waals surface area contributed by atoms with Crippen molar-refractivity contribution < 1.29 is 26.3 Å². The molecular weight excluding hydrogens is 532 g/mol. The highest BCUT2D eigenvalue weighted by Crippen LogP contribution is 2.39. The zero-order chi connectivity index (χ0) is 28.3. The van der Waals surface area contributed by atoms with Gasteiger partial charge in [-0.05, 0) is 80.2 Å². The van der Waals surface area contributed by atoms with Crippen LogP contribution in [-0.4, -0.2) is 42.7 Å². The van der Waals surface area contributed by atoms with Gasteiger partial charge in [0, 0.05) is 29.9 Å². The zero-order valence-electron chi connectivity index (χ0n) is 21.7. The van der Waals surface area contributed by atoms with Crippen LogP contribution in [-0.2, 0) is 6.18 Å². The summed E-state index contributed by atoms with van der Waals surface area (Å²) in [6.07, 6.45) is -0.0476. The fourth-order valence-electron chi connectivity index (χ4n) is 5.31. The van der Waals surface area contributed by atoms with Crippen LogP contribution < -0.4 is 16.0 Å². The number of allylic oxidation sites excluding steroid dienone is 2. The molecule has 0 aliphatic carbocycles. The Morgan fingerprint density at radius 2 is 1.62 bits per heavy atom. The van der Waals surface area contributed by atoms with Crippen molar-refractivity contribution in [1.82, 2.24) is 10.2 Å². The van der Waals surface area contributed by atoms with E-state index in [2.05, 4.69) is 20.9 Å². The molecule has 3 aliphatic rings. The lowest BCUT2D eigenvalue weighted by Crippen LogP contribution is -2.34. The number of dihydropyridines is 1. The molecule has 2 unspecified atom stereocenters. The van der Waals surface area contributed by atoms with E-state index >= 15 is 0 Å². The summed E-state index contributed by atoms with van der Waals surface area (Å²) in [5.74, 6) is 0.448. The smallest absolute Gasteiger partial charge is 0.380 e. The fraction of sp³-hybridized carbons (Fsp3) is 0.414. The van der Waals surface area contributed by atoms with Gasteiger partial charge in [-0.2, -0.15) is 26.3 Å². The quantitative estimate of drug-likeness (QED) is 0.336. The van der Waals surface area contributed by atoms with Crippen LogP contribution in [0.25, 0.3) is 0 Å². The third kappa shape index (κ3) is 6.63. The highest BCUT2D eigenvalue weighted by Gasteiger charge is 2.40. The maximum atomic E-state index is 13.7. The van der Waals surface area contributed by atoms with Gasteiger partial charge in [0.25, 0.3) is 0 Å². The van der Waals surface area contributed by atoms with Gasteiger partial charge in [-0.25, -0.2) is 4.99 Å². The number of rotatable bonds is 5.